The van der Waals surface area contributed by atoms with Gasteiger partial charge < -0.3 is 15.0 Å². The first-order valence-corrected chi connectivity index (χ1v) is 9.70. The first-order valence-electron chi connectivity index (χ1n) is 9.70. The topological polar surface area (TPSA) is 58.6 Å². The number of nitrogens with zero attached hydrogens (tertiary/aromatic N) is 1. The molecule has 1 aliphatic heterocycles. The maximum Gasteiger partial charge on any atom is 0.411 e. The highest BCUT2D eigenvalue weighted by Gasteiger charge is 2.27. The molecule has 0 spiro atoms. The standard InChI is InChI=1S/C22H23F3N2O3/c23-22(24,25)15-30-14-16-6-8-18(9-7-16)21(29)27-12-10-19(11-13-27)26-20(28)17-4-2-1-3-5-17/h1-9,19H,10-15H2,(H,26,28). The highest BCUT2D eigenvalue weighted by molar-refractivity contribution is 5.95. The summed E-state index contributed by atoms with van der Waals surface area (Å²) in [6, 6.07) is 15.4. The van der Waals surface area contributed by atoms with E-state index in [0.29, 0.717) is 42.6 Å². The van der Waals surface area contributed by atoms with Crippen molar-refractivity contribution in [1.82, 2.24) is 10.2 Å². The molecular weight excluding hydrogens is 397 g/mol. The second-order valence-electron chi connectivity index (χ2n) is 7.21. The van der Waals surface area contributed by atoms with Crippen LogP contribution >= 0.6 is 0 Å². The van der Waals surface area contributed by atoms with Crippen LogP contribution in [0.5, 0.6) is 0 Å². The van der Waals surface area contributed by atoms with Gasteiger partial charge in [-0.3, -0.25) is 9.59 Å². The Morgan fingerprint density at radius 2 is 1.60 bits per heavy atom. The largest absolute Gasteiger partial charge is 0.411 e. The molecule has 0 bridgehead atoms. The number of benzene rings is 2. The zero-order valence-electron chi connectivity index (χ0n) is 16.3. The molecule has 0 saturated carbocycles. The second-order valence-corrected chi connectivity index (χ2v) is 7.21. The zero-order valence-corrected chi connectivity index (χ0v) is 16.3. The van der Waals surface area contributed by atoms with Crippen LogP contribution in [-0.2, 0) is 11.3 Å². The first-order chi connectivity index (χ1) is 14.3. The number of carbonyl (C=O) groups is 2. The predicted molar refractivity (Wildman–Crippen MR) is 105 cm³/mol. The van der Waals surface area contributed by atoms with Crippen LogP contribution in [0.2, 0.25) is 0 Å². The Labute approximate surface area is 172 Å². The van der Waals surface area contributed by atoms with Gasteiger partial charge in [0.05, 0.1) is 6.61 Å². The lowest BCUT2D eigenvalue weighted by Gasteiger charge is -2.32. The molecule has 0 radical (unpaired) electrons. The summed E-state index contributed by atoms with van der Waals surface area (Å²) >= 11 is 0. The van der Waals surface area contributed by atoms with Crippen LogP contribution in [0.25, 0.3) is 0 Å². The van der Waals surface area contributed by atoms with Crippen molar-refractivity contribution >= 4 is 11.8 Å². The molecule has 1 N–H and O–H groups in total. The van der Waals surface area contributed by atoms with Gasteiger partial charge in [0.1, 0.15) is 6.61 Å². The summed E-state index contributed by atoms with van der Waals surface area (Å²) in [4.78, 5) is 26.6. The summed E-state index contributed by atoms with van der Waals surface area (Å²) in [7, 11) is 0. The van der Waals surface area contributed by atoms with Crippen LogP contribution in [0.15, 0.2) is 54.6 Å². The summed E-state index contributed by atoms with van der Waals surface area (Å²) < 4.78 is 41.0. The highest BCUT2D eigenvalue weighted by atomic mass is 19.4. The number of likely N-dealkylation sites (tertiary alicyclic amines) is 1. The molecule has 2 aromatic rings. The molecule has 1 heterocycles. The van der Waals surface area contributed by atoms with Crippen molar-refractivity contribution in [2.24, 2.45) is 0 Å². The van der Waals surface area contributed by atoms with Crippen LogP contribution < -0.4 is 5.32 Å². The van der Waals surface area contributed by atoms with Crippen LogP contribution in [0.3, 0.4) is 0 Å². The van der Waals surface area contributed by atoms with E-state index < -0.39 is 12.8 Å². The lowest BCUT2D eigenvalue weighted by Crippen LogP contribution is -2.46. The number of halogens is 3. The lowest BCUT2D eigenvalue weighted by atomic mass is 10.0. The van der Waals surface area contributed by atoms with E-state index in [0.717, 1.165) is 0 Å². The van der Waals surface area contributed by atoms with Crippen molar-refractivity contribution in [3.63, 3.8) is 0 Å². The number of carbonyl (C=O) groups excluding carboxylic acids is 2. The Kier molecular flexibility index (Phi) is 7.10. The Morgan fingerprint density at radius 1 is 0.967 bits per heavy atom. The average molecular weight is 420 g/mol. The number of nitrogens with one attached hydrogen (secondary N) is 1. The molecular formula is C22H23F3N2O3. The van der Waals surface area contributed by atoms with E-state index in [1.54, 1.807) is 41.3 Å². The van der Waals surface area contributed by atoms with Crippen molar-refractivity contribution in [2.45, 2.75) is 31.7 Å². The Morgan fingerprint density at radius 3 is 2.20 bits per heavy atom. The fourth-order valence-electron chi connectivity index (χ4n) is 3.30. The Balaban J connectivity index is 1.46. The molecule has 2 amide bonds. The van der Waals surface area contributed by atoms with Gasteiger partial charge in [0, 0.05) is 30.3 Å². The normalized spacial score (nSPS) is 15.1. The van der Waals surface area contributed by atoms with Gasteiger partial charge >= 0.3 is 6.18 Å². The molecule has 30 heavy (non-hydrogen) atoms. The van der Waals surface area contributed by atoms with Gasteiger partial charge in [-0.05, 0) is 42.7 Å². The summed E-state index contributed by atoms with van der Waals surface area (Å²) in [5.74, 6) is -0.255. The van der Waals surface area contributed by atoms with Crippen LogP contribution in [-0.4, -0.2) is 48.6 Å². The number of amides is 2. The van der Waals surface area contributed by atoms with E-state index in [9.17, 15) is 22.8 Å². The Bertz CT molecular complexity index is 846. The first kappa shape index (κ1) is 21.8. The fourth-order valence-corrected chi connectivity index (χ4v) is 3.30. The van der Waals surface area contributed by atoms with Crippen LogP contribution in [0.4, 0.5) is 13.2 Å². The summed E-state index contributed by atoms with van der Waals surface area (Å²) in [5, 5.41) is 3.00. The summed E-state index contributed by atoms with van der Waals surface area (Å²) in [6.45, 7) is -0.423. The van der Waals surface area contributed by atoms with Gasteiger partial charge in [0.15, 0.2) is 0 Å². The van der Waals surface area contributed by atoms with Crippen molar-refractivity contribution in [1.29, 1.82) is 0 Å². The van der Waals surface area contributed by atoms with Crippen molar-refractivity contribution in [3.8, 4) is 0 Å². The van der Waals surface area contributed by atoms with E-state index in [4.69, 9.17) is 0 Å². The summed E-state index contributed by atoms with van der Waals surface area (Å²) in [5.41, 5.74) is 1.65. The van der Waals surface area contributed by atoms with Gasteiger partial charge in [-0.25, -0.2) is 0 Å². The molecule has 1 saturated heterocycles. The third-order valence-corrected chi connectivity index (χ3v) is 4.89. The highest BCUT2D eigenvalue weighted by Crippen LogP contribution is 2.17. The van der Waals surface area contributed by atoms with Crippen molar-refractivity contribution in [2.75, 3.05) is 19.7 Å². The number of ether oxygens (including phenoxy) is 1. The monoisotopic (exact) mass is 420 g/mol. The van der Waals surface area contributed by atoms with Crippen LogP contribution in [0.1, 0.15) is 39.1 Å². The SMILES string of the molecule is O=C(NC1CCN(C(=O)c2ccc(COCC(F)(F)F)cc2)CC1)c1ccccc1. The number of hydrogen-bond donors (Lipinski definition) is 1. The van der Waals surface area contributed by atoms with E-state index in [1.807, 2.05) is 18.2 Å². The zero-order chi connectivity index (χ0) is 21.6. The minimum Gasteiger partial charge on any atom is -0.367 e. The number of rotatable bonds is 6. The molecule has 1 aliphatic rings. The molecule has 0 aliphatic carbocycles. The summed E-state index contributed by atoms with van der Waals surface area (Å²) in [6.07, 6.45) is -3.04. The molecule has 5 nitrogen and oxygen atoms in total. The molecule has 0 aromatic heterocycles. The fraction of sp³-hybridized carbons (Fsp3) is 0.364. The van der Waals surface area contributed by atoms with E-state index in [2.05, 4.69) is 10.1 Å². The number of hydrogen-bond acceptors (Lipinski definition) is 3. The molecule has 160 valence electrons. The molecule has 0 atom stereocenters. The maximum absolute atomic E-state index is 12.7. The number of alkyl halides is 3. The second kappa shape index (κ2) is 9.75. The third kappa shape index (κ3) is 6.32. The third-order valence-electron chi connectivity index (χ3n) is 4.89. The van der Waals surface area contributed by atoms with Crippen LogP contribution in [0, 0.1) is 0 Å². The van der Waals surface area contributed by atoms with E-state index in [-0.39, 0.29) is 24.5 Å². The smallest absolute Gasteiger partial charge is 0.367 e. The van der Waals surface area contributed by atoms with E-state index in [1.165, 1.54) is 0 Å². The van der Waals surface area contributed by atoms with Gasteiger partial charge in [0.2, 0.25) is 0 Å². The quantitative estimate of drug-likeness (QED) is 0.774. The molecule has 0 unspecified atom stereocenters. The average Bonchev–Trinajstić information content (AvgIpc) is 2.74. The van der Waals surface area contributed by atoms with Crippen molar-refractivity contribution in [3.05, 3.63) is 71.3 Å². The minimum atomic E-state index is -4.36. The van der Waals surface area contributed by atoms with Gasteiger partial charge in [-0.2, -0.15) is 13.2 Å². The van der Waals surface area contributed by atoms with E-state index >= 15 is 0 Å². The minimum absolute atomic E-state index is 0.00918. The predicted octanol–water partition coefficient (Wildman–Crippen LogP) is 3.80. The molecule has 2 aromatic carbocycles. The van der Waals surface area contributed by atoms with Gasteiger partial charge in [0.25, 0.3) is 11.8 Å². The van der Waals surface area contributed by atoms with Gasteiger partial charge in [-0.15, -0.1) is 0 Å². The lowest BCUT2D eigenvalue weighted by molar-refractivity contribution is -0.176. The molecule has 1 fully saturated rings. The van der Waals surface area contributed by atoms with Gasteiger partial charge in [-0.1, -0.05) is 30.3 Å². The number of piperidine rings is 1. The molecule has 3 rings (SSSR count). The molecule has 8 heteroatoms. The van der Waals surface area contributed by atoms with Crippen molar-refractivity contribution < 1.29 is 27.5 Å². The Hall–Kier alpha value is -2.87. The maximum atomic E-state index is 12.7.